The molecule has 4 aromatic rings. The van der Waals surface area contributed by atoms with Gasteiger partial charge in [-0.25, -0.2) is 9.97 Å². The lowest BCUT2D eigenvalue weighted by Gasteiger charge is -2.38. The molecule has 0 radical (unpaired) electrons. The molecule has 4 heterocycles. The van der Waals surface area contributed by atoms with Crippen molar-refractivity contribution >= 4 is 39.9 Å². The Hall–Kier alpha value is -3.79. The molecule has 0 spiro atoms. The van der Waals surface area contributed by atoms with E-state index >= 15 is 0 Å². The number of hydrogen-bond donors (Lipinski definition) is 3. The van der Waals surface area contributed by atoms with E-state index < -0.39 is 0 Å². The van der Waals surface area contributed by atoms with Crippen LogP contribution in [0.3, 0.4) is 0 Å². The van der Waals surface area contributed by atoms with Crippen LogP contribution in [0.4, 0.5) is 17.3 Å². The molecule has 10 nitrogen and oxygen atoms in total. The van der Waals surface area contributed by atoms with Crippen molar-refractivity contribution < 1.29 is 4.79 Å². The number of aromatic nitrogens is 5. The Morgan fingerprint density at radius 1 is 1.06 bits per heavy atom. The lowest BCUT2D eigenvalue weighted by molar-refractivity contribution is 0.102. The third-order valence-corrected chi connectivity index (χ3v) is 5.78. The van der Waals surface area contributed by atoms with E-state index in [2.05, 4.69) is 54.6 Å². The predicted molar refractivity (Wildman–Crippen MR) is 129 cm³/mol. The molecule has 10 heteroatoms. The number of aryl methyl sites for hydroxylation is 1. The smallest absolute Gasteiger partial charge is 0.259 e. The monoisotopic (exact) mass is 445 g/mol. The van der Waals surface area contributed by atoms with E-state index in [-0.39, 0.29) is 5.91 Å². The van der Waals surface area contributed by atoms with Gasteiger partial charge in [-0.2, -0.15) is 0 Å². The number of carbonyl (C=O) groups is 1. The molecule has 0 saturated carbocycles. The van der Waals surface area contributed by atoms with Crippen molar-refractivity contribution in [2.45, 2.75) is 32.9 Å². The first-order chi connectivity index (χ1) is 15.9. The fraction of sp³-hybridized carbons (Fsp3) is 0.348. The quantitative estimate of drug-likeness (QED) is 0.439. The topological polar surface area (TPSA) is 112 Å². The van der Waals surface area contributed by atoms with Crippen LogP contribution < -0.4 is 20.9 Å². The minimum absolute atomic E-state index is 0.292. The molecule has 1 fully saturated rings. The number of amides is 1. The summed E-state index contributed by atoms with van der Waals surface area (Å²) in [6.45, 7) is 7.98. The van der Waals surface area contributed by atoms with E-state index in [0.29, 0.717) is 40.4 Å². The summed E-state index contributed by atoms with van der Waals surface area (Å²) in [6, 6.07) is 4.50. The summed E-state index contributed by atoms with van der Waals surface area (Å²) >= 11 is 0. The highest BCUT2D eigenvalue weighted by atomic mass is 16.1. The molecule has 0 unspecified atom stereocenters. The van der Waals surface area contributed by atoms with Crippen LogP contribution >= 0.6 is 0 Å². The van der Waals surface area contributed by atoms with Gasteiger partial charge < -0.3 is 25.3 Å². The second-order valence-electron chi connectivity index (χ2n) is 8.55. The van der Waals surface area contributed by atoms with E-state index in [0.717, 1.165) is 30.0 Å². The predicted octanol–water partition coefficient (Wildman–Crippen LogP) is 2.46. The van der Waals surface area contributed by atoms with Crippen LogP contribution in [-0.2, 0) is 0 Å². The van der Waals surface area contributed by atoms with Crippen molar-refractivity contribution in [2.24, 2.45) is 0 Å². The minimum atomic E-state index is -0.292. The highest BCUT2D eigenvalue weighted by Crippen LogP contribution is 2.28. The summed E-state index contributed by atoms with van der Waals surface area (Å²) in [7, 11) is 1.78. The molecule has 2 atom stereocenters. The Morgan fingerprint density at radius 3 is 2.52 bits per heavy atom. The van der Waals surface area contributed by atoms with E-state index in [1.54, 1.807) is 25.6 Å². The van der Waals surface area contributed by atoms with E-state index in [9.17, 15) is 4.79 Å². The first kappa shape index (κ1) is 21.1. The SMILES string of the molecule is CNc1nc(NC(=O)c2ccc(N3C[C@@H](C)N[C@H](C)C3)c3nccnc23)cn2cc(C)nc12. The van der Waals surface area contributed by atoms with Crippen LogP contribution in [0, 0.1) is 6.92 Å². The molecule has 170 valence electrons. The van der Waals surface area contributed by atoms with E-state index in [4.69, 9.17) is 0 Å². The van der Waals surface area contributed by atoms with Crippen molar-refractivity contribution in [2.75, 3.05) is 35.7 Å². The molecule has 1 aromatic carbocycles. The number of imidazole rings is 1. The zero-order chi connectivity index (χ0) is 23.1. The maximum Gasteiger partial charge on any atom is 0.259 e. The van der Waals surface area contributed by atoms with Gasteiger partial charge in [-0.15, -0.1) is 0 Å². The number of nitrogens with zero attached hydrogens (tertiary/aromatic N) is 6. The second-order valence-corrected chi connectivity index (χ2v) is 8.55. The third kappa shape index (κ3) is 3.93. The second kappa shape index (κ2) is 8.28. The molecule has 5 rings (SSSR count). The number of anilines is 3. The summed E-state index contributed by atoms with van der Waals surface area (Å²) in [5.41, 5.74) is 4.29. The maximum atomic E-state index is 13.3. The largest absolute Gasteiger partial charge is 0.370 e. The summed E-state index contributed by atoms with van der Waals surface area (Å²) in [5.74, 6) is 0.711. The van der Waals surface area contributed by atoms with Gasteiger partial charge in [0, 0.05) is 50.8 Å². The Morgan fingerprint density at radius 2 is 1.79 bits per heavy atom. The molecule has 0 aliphatic carbocycles. The minimum Gasteiger partial charge on any atom is -0.370 e. The van der Waals surface area contributed by atoms with Gasteiger partial charge in [-0.3, -0.25) is 14.8 Å². The van der Waals surface area contributed by atoms with Gasteiger partial charge >= 0.3 is 0 Å². The number of carbonyl (C=O) groups excluding carboxylic acids is 1. The van der Waals surface area contributed by atoms with Gasteiger partial charge in [0.05, 0.1) is 23.1 Å². The van der Waals surface area contributed by atoms with Crippen LogP contribution in [0.2, 0.25) is 0 Å². The normalized spacial score (nSPS) is 18.6. The lowest BCUT2D eigenvalue weighted by Crippen LogP contribution is -2.54. The zero-order valence-corrected chi connectivity index (χ0v) is 19.1. The number of hydrogen-bond acceptors (Lipinski definition) is 8. The maximum absolute atomic E-state index is 13.3. The summed E-state index contributed by atoms with van der Waals surface area (Å²) in [4.78, 5) is 33.6. The number of nitrogens with one attached hydrogen (secondary N) is 3. The first-order valence-electron chi connectivity index (χ1n) is 11.0. The van der Waals surface area contributed by atoms with Gasteiger partial charge in [0.25, 0.3) is 5.91 Å². The van der Waals surface area contributed by atoms with Gasteiger partial charge in [0.15, 0.2) is 17.3 Å². The highest BCUT2D eigenvalue weighted by Gasteiger charge is 2.24. The zero-order valence-electron chi connectivity index (χ0n) is 19.1. The molecule has 1 saturated heterocycles. The first-order valence-corrected chi connectivity index (χ1v) is 11.0. The van der Waals surface area contributed by atoms with E-state index in [1.807, 2.05) is 29.7 Å². The molecule has 1 aliphatic heterocycles. The Balaban J connectivity index is 1.50. The molecule has 0 bridgehead atoms. The van der Waals surface area contributed by atoms with Gasteiger partial charge in [-0.05, 0) is 32.9 Å². The van der Waals surface area contributed by atoms with Crippen LogP contribution in [-0.4, -0.2) is 62.5 Å². The summed E-state index contributed by atoms with van der Waals surface area (Å²) < 4.78 is 1.84. The molecular weight excluding hydrogens is 418 g/mol. The Bertz CT molecular complexity index is 1340. The molecule has 1 amide bonds. The average molecular weight is 446 g/mol. The number of piperazine rings is 1. The Labute approximate surface area is 191 Å². The van der Waals surface area contributed by atoms with Crippen LogP contribution in [0.15, 0.2) is 36.9 Å². The van der Waals surface area contributed by atoms with Crippen molar-refractivity contribution in [3.05, 3.63) is 48.2 Å². The van der Waals surface area contributed by atoms with Gasteiger partial charge in [0.1, 0.15) is 11.0 Å². The molecular formula is C23H27N9O. The van der Waals surface area contributed by atoms with E-state index in [1.165, 1.54) is 0 Å². The Kier molecular flexibility index (Phi) is 5.29. The highest BCUT2D eigenvalue weighted by molar-refractivity contribution is 6.12. The number of fused-ring (bicyclic) bond motifs is 2. The average Bonchev–Trinajstić information content (AvgIpc) is 3.17. The molecule has 3 N–H and O–H groups in total. The van der Waals surface area contributed by atoms with Crippen LogP contribution in [0.25, 0.3) is 16.7 Å². The fourth-order valence-electron chi connectivity index (χ4n) is 4.54. The molecule has 3 aromatic heterocycles. The standard InChI is InChI=1S/C23H27N9O/c1-13-9-31(10-14(2)27-13)17-6-5-16(19-20(17)26-8-7-25-19)23(33)30-18-12-32-11-15(3)28-22(32)21(24-4)29-18/h5-8,11-14,27H,9-10H2,1-4H3,(H,24,29)(H,30,33)/t13-,14-/m1/s1. The fourth-order valence-corrected chi connectivity index (χ4v) is 4.54. The van der Waals surface area contributed by atoms with Crippen molar-refractivity contribution in [3.63, 3.8) is 0 Å². The summed E-state index contributed by atoms with van der Waals surface area (Å²) in [5, 5.41) is 9.50. The van der Waals surface area contributed by atoms with Gasteiger partial charge in [-0.1, -0.05) is 0 Å². The molecule has 1 aliphatic rings. The number of benzene rings is 1. The summed E-state index contributed by atoms with van der Waals surface area (Å²) in [6.07, 6.45) is 6.92. The van der Waals surface area contributed by atoms with Crippen molar-refractivity contribution in [1.29, 1.82) is 0 Å². The lowest BCUT2D eigenvalue weighted by atomic mass is 10.1. The third-order valence-electron chi connectivity index (χ3n) is 5.78. The molecule has 33 heavy (non-hydrogen) atoms. The van der Waals surface area contributed by atoms with Crippen LogP contribution in [0.5, 0.6) is 0 Å². The number of rotatable bonds is 4. The van der Waals surface area contributed by atoms with Crippen LogP contribution in [0.1, 0.15) is 29.9 Å². The van der Waals surface area contributed by atoms with Crippen molar-refractivity contribution in [1.82, 2.24) is 29.7 Å². The van der Waals surface area contributed by atoms with Gasteiger partial charge in [0.2, 0.25) is 0 Å². The van der Waals surface area contributed by atoms with Crippen molar-refractivity contribution in [3.8, 4) is 0 Å².